The average Bonchev–Trinajstić information content (AvgIpc) is 2.14. The van der Waals surface area contributed by atoms with Crippen LogP contribution in [0.2, 0.25) is 0 Å². The Balaban J connectivity index is 2.89. The molecule has 1 atom stereocenters. The summed E-state index contributed by atoms with van der Waals surface area (Å²) < 4.78 is 5.88. The molecule has 5 heteroatoms. The maximum atomic E-state index is 10.9. The van der Waals surface area contributed by atoms with Gasteiger partial charge in [-0.05, 0) is 33.8 Å². The topological polar surface area (TPSA) is 65.2 Å². The molecule has 1 aromatic rings. The number of nitrogens with two attached hydrogens (primary N) is 1. The van der Waals surface area contributed by atoms with Gasteiger partial charge in [0.05, 0.1) is 0 Å². The molecule has 1 aromatic heterocycles. The summed E-state index contributed by atoms with van der Waals surface area (Å²) in [5.74, 6) is 0. The third-order valence-corrected chi connectivity index (χ3v) is 2.65. The fourth-order valence-corrected chi connectivity index (χ4v) is 1.74. The van der Waals surface area contributed by atoms with Gasteiger partial charge in [0.1, 0.15) is 10.7 Å². The number of amides is 1. The predicted octanol–water partition coefficient (Wildman–Crippen LogP) is 3.42. The van der Waals surface area contributed by atoms with E-state index in [0.717, 1.165) is 10.2 Å². The monoisotopic (exact) mass is 300 g/mol. The molecule has 0 aliphatic heterocycles. The van der Waals surface area contributed by atoms with Gasteiger partial charge in [0.25, 0.3) is 0 Å². The van der Waals surface area contributed by atoms with Gasteiger partial charge in [-0.2, -0.15) is 0 Å². The summed E-state index contributed by atoms with van der Waals surface area (Å²) in [6.45, 7) is 6.24. The molecule has 0 spiro atoms. The zero-order chi connectivity index (χ0) is 13.1. The largest absolute Gasteiger partial charge is 0.441 e. The first-order chi connectivity index (χ1) is 7.78. The number of ether oxygens (including phenoxy) is 1. The zero-order valence-electron chi connectivity index (χ0n) is 10.2. The lowest BCUT2D eigenvalue weighted by atomic mass is 9.87. The Bertz CT molecular complexity index is 384. The number of nitrogens with zero attached hydrogens (tertiary/aromatic N) is 1. The highest BCUT2D eigenvalue weighted by atomic mass is 79.9. The number of aromatic nitrogens is 1. The summed E-state index contributed by atoms with van der Waals surface area (Å²) in [5.41, 5.74) is 5.97. The molecule has 0 aliphatic rings. The van der Waals surface area contributed by atoms with Crippen LogP contribution >= 0.6 is 15.9 Å². The lowest BCUT2D eigenvalue weighted by Crippen LogP contribution is -2.21. The minimum atomic E-state index is -0.762. The number of carbonyl (C=O) groups is 1. The van der Waals surface area contributed by atoms with Gasteiger partial charge in [-0.25, -0.2) is 9.78 Å². The highest BCUT2D eigenvalue weighted by Crippen LogP contribution is 2.32. The van der Waals surface area contributed by atoms with Crippen LogP contribution in [0.5, 0.6) is 0 Å². The second kappa shape index (κ2) is 5.49. The molecule has 0 aliphatic carbocycles. The molecule has 4 nitrogen and oxygen atoms in total. The van der Waals surface area contributed by atoms with E-state index in [1.54, 1.807) is 6.20 Å². The summed E-state index contributed by atoms with van der Waals surface area (Å²) in [6.07, 6.45) is 1.26. The molecule has 1 unspecified atom stereocenters. The second-order valence-electron chi connectivity index (χ2n) is 5.10. The van der Waals surface area contributed by atoms with Gasteiger partial charge in [0, 0.05) is 11.8 Å². The fraction of sp³-hybridized carbons (Fsp3) is 0.500. The lowest BCUT2D eigenvalue weighted by molar-refractivity contribution is 0.0787. The minimum Gasteiger partial charge on any atom is -0.441 e. The highest BCUT2D eigenvalue weighted by Gasteiger charge is 2.23. The Morgan fingerprint density at radius 2 is 2.18 bits per heavy atom. The molecular formula is C12H17BrN2O2. The van der Waals surface area contributed by atoms with Crippen molar-refractivity contribution in [2.75, 3.05) is 0 Å². The number of hydrogen-bond donors (Lipinski definition) is 1. The van der Waals surface area contributed by atoms with E-state index in [2.05, 4.69) is 41.7 Å². The molecule has 0 bridgehead atoms. The molecule has 1 heterocycles. The minimum absolute atomic E-state index is 0.0349. The van der Waals surface area contributed by atoms with E-state index in [0.29, 0.717) is 6.42 Å². The standard InChI is InChI=1S/C12H17BrN2O2/c1-12(2,3)6-9(17-11(14)16)8-4-5-10(13)15-7-8/h4-5,7,9H,6H2,1-3H3,(H2,14,16). The smallest absolute Gasteiger partial charge is 0.405 e. The van der Waals surface area contributed by atoms with Crippen LogP contribution in [0.25, 0.3) is 0 Å². The highest BCUT2D eigenvalue weighted by molar-refractivity contribution is 9.10. The van der Waals surface area contributed by atoms with Gasteiger partial charge in [0.15, 0.2) is 0 Å². The Kier molecular flexibility index (Phi) is 4.51. The van der Waals surface area contributed by atoms with Crippen LogP contribution in [0.3, 0.4) is 0 Å². The molecular weight excluding hydrogens is 284 g/mol. The molecule has 0 saturated carbocycles. The van der Waals surface area contributed by atoms with Crippen LogP contribution in [0.1, 0.15) is 38.9 Å². The SMILES string of the molecule is CC(C)(C)CC(OC(N)=O)c1ccc(Br)nc1. The summed E-state index contributed by atoms with van der Waals surface area (Å²) in [7, 11) is 0. The number of pyridine rings is 1. The van der Waals surface area contributed by atoms with Gasteiger partial charge < -0.3 is 10.5 Å². The Hall–Kier alpha value is -1.10. The zero-order valence-corrected chi connectivity index (χ0v) is 11.8. The van der Waals surface area contributed by atoms with Crippen molar-refractivity contribution in [3.05, 3.63) is 28.5 Å². The van der Waals surface area contributed by atoms with E-state index in [9.17, 15) is 4.79 Å². The molecule has 1 amide bonds. The van der Waals surface area contributed by atoms with E-state index in [-0.39, 0.29) is 11.5 Å². The molecule has 0 aromatic carbocycles. The van der Waals surface area contributed by atoms with E-state index in [4.69, 9.17) is 10.5 Å². The predicted molar refractivity (Wildman–Crippen MR) is 69.4 cm³/mol. The van der Waals surface area contributed by atoms with E-state index in [1.165, 1.54) is 0 Å². The van der Waals surface area contributed by atoms with Gasteiger partial charge in [-0.1, -0.05) is 26.8 Å². The van der Waals surface area contributed by atoms with Crippen molar-refractivity contribution < 1.29 is 9.53 Å². The quantitative estimate of drug-likeness (QED) is 0.870. The number of primary amides is 1. The maximum Gasteiger partial charge on any atom is 0.405 e. The molecule has 2 N–H and O–H groups in total. The lowest BCUT2D eigenvalue weighted by Gasteiger charge is -2.25. The fourth-order valence-electron chi connectivity index (χ4n) is 1.50. The Morgan fingerprint density at radius 3 is 2.59 bits per heavy atom. The number of carbonyl (C=O) groups excluding carboxylic acids is 1. The normalized spacial score (nSPS) is 13.2. The third-order valence-electron chi connectivity index (χ3n) is 2.18. The molecule has 1 rings (SSSR count). The van der Waals surface area contributed by atoms with Gasteiger partial charge in [-0.3, -0.25) is 0 Å². The van der Waals surface area contributed by atoms with Crippen molar-refractivity contribution in [2.45, 2.75) is 33.3 Å². The molecule has 94 valence electrons. The Morgan fingerprint density at radius 1 is 1.53 bits per heavy atom. The number of halogens is 1. The van der Waals surface area contributed by atoms with Crippen LogP contribution in [0.4, 0.5) is 4.79 Å². The van der Waals surface area contributed by atoms with E-state index >= 15 is 0 Å². The summed E-state index contributed by atoms with van der Waals surface area (Å²) in [6, 6.07) is 3.69. The Labute approximate surface area is 110 Å². The first kappa shape index (κ1) is 14.0. The average molecular weight is 301 g/mol. The number of hydrogen-bond acceptors (Lipinski definition) is 3. The molecule has 0 fully saturated rings. The van der Waals surface area contributed by atoms with Crippen molar-refractivity contribution in [1.82, 2.24) is 4.98 Å². The van der Waals surface area contributed by atoms with Gasteiger partial charge in [0.2, 0.25) is 0 Å². The maximum absolute atomic E-state index is 10.9. The summed E-state index contributed by atoms with van der Waals surface area (Å²) >= 11 is 3.26. The third kappa shape index (κ3) is 5.17. The van der Waals surface area contributed by atoms with Crippen LogP contribution in [0.15, 0.2) is 22.9 Å². The van der Waals surface area contributed by atoms with E-state index in [1.807, 2.05) is 12.1 Å². The second-order valence-corrected chi connectivity index (χ2v) is 5.92. The van der Waals surface area contributed by atoms with Gasteiger partial charge >= 0.3 is 6.09 Å². The number of rotatable bonds is 3. The van der Waals surface area contributed by atoms with Crippen molar-refractivity contribution in [3.8, 4) is 0 Å². The van der Waals surface area contributed by atoms with Crippen LogP contribution in [0, 0.1) is 5.41 Å². The van der Waals surface area contributed by atoms with E-state index < -0.39 is 6.09 Å². The van der Waals surface area contributed by atoms with Gasteiger partial charge in [-0.15, -0.1) is 0 Å². The summed E-state index contributed by atoms with van der Waals surface area (Å²) in [4.78, 5) is 15.0. The first-order valence-electron chi connectivity index (χ1n) is 5.35. The van der Waals surface area contributed by atoms with Crippen molar-refractivity contribution in [1.29, 1.82) is 0 Å². The van der Waals surface area contributed by atoms with Crippen molar-refractivity contribution in [3.63, 3.8) is 0 Å². The molecule has 0 saturated heterocycles. The van der Waals surface area contributed by atoms with Crippen LogP contribution in [-0.2, 0) is 4.74 Å². The van der Waals surface area contributed by atoms with Crippen LogP contribution < -0.4 is 5.73 Å². The van der Waals surface area contributed by atoms with Crippen LogP contribution in [-0.4, -0.2) is 11.1 Å². The molecule has 0 radical (unpaired) electrons. The van der Waals surface area contributed by atoms with Crippen molar-refractivity contribution in [2.24, 2.45) is 11.1 Å². The first-order valence-corrected chi connectivity index (χ1v) is 6.15. The molecule has 17 heavy (non-hydrogen) atoms. The summed E-state index contributed by atoms with van der Waals surface area (Å²) in [5, 5.41) is 0. The van der Waals surface area contributed by atoms with Crippen molar-refractivity contribution >= 4 is 22.0 Å².